The SMILES string of the molecule is Cc1c([N+](=O)[O-])cnn1CC(=O)Nc1cnn(Cc2c(Cl)cccc2Cl)c1. The minimum absolute atomic E-state index is 0.132. The van der Waals surface area contributed by atoms with Crippen molar-refractivity contribution in [1.29, 1.82) is 0 Å². The first-order chi connectivity index (χ1) is 12.8. The number of carbonyl (C=O) groups is 1. The summed E-state index contributed by atoms with van der Waals surface area (Å²) in [5.74, 6) is -0.383. The molecule has 0 radical (unpaired) electrons. The van der Waals surface area contributed by atoms with E-state index in [0.29, 0.717) is 28.0 Å². The molecule has 3 rings (SSSR count). The molecule has 0 aliphatic carbocycles. The first kappa shape index (κ1) is 18.9. The highest BCUT2D eigenvalue weighted by Gasteiger charge is 2.18. The largest absolute Gasteiger partial charge is 0.322 e. The molecule has 0 saturated heterocycles. The van der Waals surface area contributed by atoms with Crippen LogP contribution in [0.5, 0.6) is 0 Å². The van der Waals surface area contributed by atoms with Gasteiger partial charge in [0, 0.05) is 21.8 Å². The van der Waals surface area contributed by atoms with E-state index in [1.807, 2.05) is 0 Å². The van der Waals surface area contributed by atoms with Crippen molar-refractivity contribution in [3.8, 4) is 0 Å². The maximum Gasteiger partial charge on any atom is 0.309 e. The normalized spacial score (nSPS) is 10.8. The van der Waals surface area contributed by atoms with Crippen LogP contribution in [0.3, 0.4) is 0 Å². The summed E-state index contributed by atoms with van der Waals surface area (Å²) in [6, 6.07) is 5.23. The first-order valence-electron chi connectivity index (χ1n) is 7.77. The number of carbonyl (C=O) groups excluding carboxylic acids is 1. The number of nitrogens with one attached hydrogen (secondary N) is 1. The molecule has 27 heavy (non-hydrogen) atoms. The Morgan fingerprint density at radius 3 is 2.59 bits per heavy atom. The van der Waals surface area contributed by atoms with Crippen molar-refractivity contribution in [2.24, 2.45) is 0 Å². The Morgan fingerprint density at radius 2 is 1.96 bits per heavy atom. The van der Waals surface area contributed by atoms with Crippen molar-refractivity contribution in [1.82, 2.24) is 19.6 Å². The lowest BCUT2D eigenvalue weighted by molar-refractivity contribution is -0.385. The Bertz CT molecular complexity index is 993. The van der Waals surface area contributed by atoms with Gasteiger partial charge in [0.2, 0.25) is 5.91 Å². The van der Waals surface area contributed by atoms with Crippen LogP contribution in [0.25, 0.3) is 0 Å². The zero-order valence-corrected chi connectivity index (χ0v) is 15.6. The standard InChI is InChI=1S/C16H14Cl2N6O3/c1-10-15(24(26)27)6-20-23(10)9-16(25)21-11-5-19-22(7-11)8-12-13(17)3-2-4-14(12)18/h2-7H,8-9H2,1H3,(H,21,25). The van der Waals surface area contributed by atoms with Crippen LogP contribution in [-0.4, -0.2) is 30.4 Å². The number of rotatable bonds is 6. The fourth-order valence-electron chi connectivity index (χ4n) is 2.47. The van der Waals surface area contributed by atoms with Crippen LogP contribution in [-0.2, 0) is 17.9 Å². The second kappa shape index (κ2) is 7.77. The zero-order chi connectivity index (χ0) is 19.6. The lowest BCUT2D eigenvalue weighted by atomic mass is 10.2. The molecule has 0 bridgehead atoms. The van der Waals surface area contributed by atoms with Crippen LogP contribution in [0.1, 0.15) is 11.3 Å². The summed E-state index contributed by atoms with van der Waals surface area (Å²) in [5.41, 5.74) is 1.37. The van der Waals surface area contributed by atoms with Gasteiger partial charge < -0.3 is 5.32 Å². The van der Waals surface area contributed by atoms with Gasteiger partial charge >= 0.3 is 5.69 Å². The molecule has 0 saturated carbocycles. The van der Waals surface area contributed by atoms with E-state index in [2.05, 4.69) is 15.5 Å². The number of halogens is 2. The Balaban J connectivity index is 1.65. The summed E-state index contributed by atoms with van der Waals surface area (Å²) in [6.07, 6.45) is 4.24. The van der Waals surface area contributed by atoms with E-state index in [1.165, 1.54) is 17.8 Å². The topological polar surface area (TPSA) is 108 Å². The highest BCUT2D eigenvalue weighted by molar-refractivity contribution is 6.35. The smallest absolute Gasteiger partial charge is 0.309 e. The van der Waals surface area contributed by atoms with Gasteiger partial charge in [-0.05, 0) is 19.1 Å². The van der Waals surface area contributed by atoms with Gasteiger partial charge in [0.1, 0.15) is 18.4 Å². The van der Waals surface area contributed by atoms with Crippen LogP contribution in [0.4, 0.5) is 11.4 Å². The number of benzene rings is 1. The summed E-state index contributed by atoms with van der Waals surface area (Å²) < 4.78 is 2.86. The Labute approximate surface area is 163 Å². The Morgan fingerprint density at radius 1 is 1.26 bits per heavy atom. The molecule has 0 unspecified atom stereocenters. The second-order valence-electron chi connectivity index (χ2n) is 5.70. The van der Waals surface area contributed by atoms with Gasteiger partial charge in [-0.1, -0.05) is 29.3 Å². The maximum absolute atomic E-state index is 12.2. The average Bonchev–Trinajstić information content (AvgIpc) is 3.18. The third kappa shape index (κ3) is 4.26. The van der Waals surface area contributed by atoms with E-state index in [9.17, 15) is 14.9 Å². The molecule has 1 aromatic carbocycles. The van der Waals surface area contributed by atoms with Gasteiger partial charge in [-0.25, -0.2) is 0 Å². The van der Waals surface area contributed by atoms with Crippen molar-refractivity contribution < 1.29 is 9.72 Å². The van der Waals surface area contributed by atoms with Gasteiger partial charge in [0.15, 0.2) is 0 Å². The molecule has 0 aliphatic rings. The van der Waals surface area contributed by atoms with E-state index in [0.717, 1.165) is 11.8 Å². The monoisotopic (exact) mass is 408 g/mol. The minimum atomic E-state index is -0.541. The molecular formula is C16H14Cl2N6O3. The summed E-state index contributed by atoms with van der Waals surface area (Å²) in [6.45, 7) is 1.73. The number of hydrogen-bond donors (Lipinski definition) is 1. The van der Waals surface area contributed by atoms with Crippen LogP contribution >= 0.6 is 23.2 Å². The number of nitro groups is 1. The van der Waals surface area contributed by atoms with Gasteiger partial charge in [0.25, 0.3) is 0 Å². The van der Waals surface area contributed by atoms with Gasteiger partial charge in [-0.2, -0.15) is 10.2 Å². The molecule has 0 aliphatic heterocycles. The Hall–Kier alpha value is -2.91. The van der Waals surface area contributed by atoms with Crippen LogP contribution in [0.2, 0.25) is 10.0 Å². The molecule has 2 aromatic heterocycles. The van der Waals surface area contributed by atoms with E-state index >= 15 is 0 Å². The van der Waals surface area contributed by atoms with Crippen molar-refractivity contribution >= 4 is 40.5 Å². The van der Waals surface area contributed by atoms with Crippen LogP contribution in [0, 0.1) is 17.0 Å². The fourth-order valence-corrected chi connectivity index (χ4v) is 2.99. The molecule has 11 heteroatoms. The van der Waals surface area contributed by atoms with Crippen molar-refractivity contribution in [3.05, 3.63) is 68.2 Å². The minimum Gasteiger partial charge on any atom is -0.322 e. The van der Waals surface area contributed by atoms with Crippen LogP contribution in [0.15, 0.2) is 36.8 Å². The average molecular weight is 409 g/mol. The molecule has 140 valence electrons. The maximum atomic E-state index is 12.2. The quantitative estimate of drug-likeness (QED) is 0.497. The summed E-state index contributed by atoms with van der Waals surface area (Å²) in [4.78, 5) is 22.5. The molecule has 1 N–H and O–H groups in total. The second-order valence-corrected chi connectivity index (χ2v) is 6.52. The summed E-state index contributed by atoms with van der Waals surface area (Å²) in [7, 11) is 0. The number of nitrogens with zero attached hydrogens (tertiary/aromatic N) is 5. The van der Waals surface area contributed by atoms with Gasteiger partial charge in [0.05, 0.1) is 23.4 Å². The zero-order valence-electron chi connectivity index (χ0n) is 14.1. The molecule has 1 amide bonds. The molecular weight excluding hydrogens is 395 g/mol. The molecule has 0 spiro atoms. The van der Waals surface area contributed by atoms with E-state index in [1.54, 1.807) is 29.1 Å². The van der Waals surface area contributed by atoms with Gasteiger partial charge in [-0.15, -0.1) is 0 Å². The van der Waals surface area contributed by atoms with Gasteiger partial charge in [-0.3, -0.25) is 24.3 Å². The number of hydrogen-bond acceptors (Lipinski definition) is 5. The highest BCUT2D eigenvalue weighted by atomic mass is 35.5. The van der Waals surface area contributed by atoms with Crippen molar-refractivity contribution in [2.45, 2.75) is 20.0 Å². The molecule has 3 aromatic rings. The summed E-state index contributed by atoms with van der Waals surface area (Å²) >= 11 is 12.3. The fraction of sp³-hybridized carbons (Fsp3) is 0.188. The highest BCUT2D eigenvalue weighted by Crippen LogP contribution is 2.25. The lowest BCUT2D eigenvalue weighted by Gasteiger charge is -2.07. The summed E-state index contributed by atoms with van der Waals surface area (Å²) in [5, 5.41) is 22.6. The predicted molar refractivity (Wildman–Crippen MR) is 100 cm³/mol. The molecule has 0 fully saturated rings. The number of aromatic nitrogens is 4. The third-order valence-electron chi connectivity index (χ3n) is 3.87. The lowest BCUT2D eigenvalue weighted by Crippen LogP contribution is -2.20. The van der Waals surface area contributed by atoms with Crippen molar-refractivity contribution in [2.75, 3.05) is 5.32 Å². The predicted octanol–water partition coefficient (Wildman–Crippen LogP) is 3.29. The number of anilines is 1. The van der Waals surface area contributed by atoms with Crippen LogP contribution < -0.4 is 5.32 Å². The number of amides is 1. The Kier molecular flexibility index (Phi) is 5.43. The third-order valence-corrected chi connectivity index (χ3v) is 4.57. The molecule has 9 nitrogen and oxygen atoms in total. The van der Waals surface area contributed by atoms with E-state index in [-0.39, 0.29) is 18.1 Å². The first-order valence-corrected chi connectivity index (χ1v) is 8.52. The van der Waals surface area contributed by atoms with Crippen molar-refractivity contribution in [3.63, 3.8) is 0 Å². The molecule has 2 heterocycles. The molecule has 0 atom stereocenters. The van der Waals surface area contributed by atoms with E-state index in [4.69, 9.17) is 23.2 Å². The van der Waals surface area contributed by atoms with E-state index < -0.39 is 4.92 Å².